The van der Waals surface area contributed by atoms with Crippen molar-refractivity contribution in [2.75, 3.05) is 31.2 Å². The predicted octanol–water partition coefficient (Wildman–Crippen LogP) is 4.77. The Morgan fingerprint density at radius 2 is 2.07 bits per heavy atom. The molecule has 1 fully saturated rings. The molecule has 158 valence electrons. The van der Waals surface area contributed by atoms with Gasteiger partial charge >= 0.3 is 0 Å². The van der Waals surface area contributed by atoms with Crippen LogP contribution in [0.1, 0.15) is 55.5 Å². The summed E-state index contributed by atoms with van der Waals surface area (Å²) in [6, 6.07) is 4.17. The fourth-order valence-corrected chi connectivity index (χ4v) is 4.39. The van der Waals surface area contributed by atoms with Gasteiger partial charge in [0.1, 0.15) is 0 Å². The third kappa shape index (κ3) is 5.40. The van der Waals surface area contributed by atoms with Crippen LogP contribution in [0.3, 0.4) is 0 Å². The molecular weight excluding hydrogens is 386 g/mol. The van der Waals surface area contributed by atoms with Crippen molar-refractivity contribution >= 4 is 29.4 Å². The van der Waals surface area contributed by atoms with Gasteiger partial charge in [-0.05, 0) is 68.7 Å². The number of carbonyl (C=O) groups is 1. The first-order valence-electron chi connectivity index (χ1n) is 10.6. The van der Waals surface area contributed by atoms with Crippen molar-refractivity contribution in [1.82, 2.24) is 5.32 Å². The summed E-state index contributed by atoms with van der Waals surface area (Å²) < 4.78 is 5.52. The van der Waals surface area contributed by atoms with Crippen molar-refractivity contribution in [1.29, 1.82) is 0 Å². The molecule has 0 aromatic heterocycles. The minimum Gasteiger partial charge on any atom is -0.381 e. The van der Waals surface area contributed by atoms with Crippen LogP contribution in [0.15, 0.2) is 28.9 Å². The van der Waals surface area contributed by atoms with Crippen LogP contribution in [0.4, 0.5) is 5.69 Å². The number of hydrogen-bond acceptors (Lipinski definition) is 4. The summed E-state index contributed by atoms with van der Waals surface area (Å²) in [6.45, 7) is 9.29. The van der Waals surface area contributed by atoms with Gasteiger partial charge in [-0.1, -0.05) is 18.5 Å². The fraction of sp³-hybridized carbons (Fsp3) is 0.565. The van der Waals surface area contributed by atoms with E-state index in [2.05, 4.69) is 29.1 Å². The molecule has 29 heavy (non-hydrogen) atoms. The molecule has 1 aromatic carbocycles. The molecule has 5 nitrogen and oxygen atoms in total. The lowest BCUT2D eigenvalue weighted by Crippen LogP contribution is -2.40. The molecule has 2 heterocycles. The summed E-state index contributed by atoms with van der Waals surface area (Å²) in [5.41, 5.74) is 3.82. The SMILES string of the molecule is CCN(c1cc(Cl)cc(C(=O)NCC2=CN=CCCC2C)c1C)C1CCOCC1. The van der Waals surface area contributed by atoms with E-state index in [0.29, 0.717) is 29.1 Å². The number of amides is 1. The molecular formula is C23H32ClN3O2. The number of nitrogens with zero attached hydrogens (tertiary/aromatic N) is 2. The van der Waals surface area contributed by atoms with Gasteiger partial charge in [-0.3, -0.25) is 9.79 Å². The van der Waals surface area contributed by atoms with Crippen LogP contribution in [0.2, 0.25) is 5.02 Å². The van der Waals surface area contributed by atoms with Gasteiger partial charge in [0.15, 0.2) is 0 Å². The van der Waals surface area contributed by atoms with Crippen LogP contribution in [0.25, 0.3) is 0 Å². The predicted molar refractivity (Wildman–Crippen MR) is 120 cm³/mol. The molecule has 1 N–H and O–H groups in total. The van der Waals surface area contributed by atoms with Gasteiger partial charge in [-0.15, -0.1) is 0 Å². The number of halogens is 1. The molecule has 1 aromatic rings. The van der Waals surface area contributed by atoms with E-state index in [1.165, 1.54) is 0 Å². The van der Waals surface area contributed by atoms with Crippen molar-refractivity contribution in [2.45, 2.75) is 52.5 Å². The molecule has 0 spiro atoms. The Hall–Kier alpha value is -1.85. The van der Waals surface area contributed by atoms with Gasteiger partial charge in [-0.25, -0.2) is 0 Å². The zero-order valence-electron chi connectivity index (χ0n) is 17.7. The van der Waals surface area contributed by atoms with Gasteiger partial charge < -0.3 is 15.0 Å². The normalized spacial score (nSPS) is 20.1. The average Bonchev–Trinajstić information content (AvgIpc) is 2.93. The molecule has 1 amide bonds. The second kappa shape index (κ2) is 10.3. The second-order valence-electron chi connectivity index (χ2n) is 7.92. The van der Waals surface area contributed by atoms with E-state index in [1.54, 1.807) is 6.07 Å². The minimum atomic E-state index is -0.0874. The summed E-state index contributed by atoms with van der Waals surface area (Å²) in [5, 5.41) is 3.67. The van der Waals surface area contributed by atoms with Gasteiger partial charge in [0.05, 0.1) is 0 Å². The Kier molecular flexibility index (Phi) is 7.73. The van der Waals surface area contributed by atoms with E-state index in [9.17, 15) is 4.79 Å². The highest BCUT2D eigenvalue weighted by Gasteiger charge is 2.24. The maximum atomic E-state index is 13.0. The lowest BCUT2D eigenvalue weighted by atomic mass is 9.97. The zero-order chi connectivity index (χ0) is 20.8. The molecule has 0 bridgehead atoms. The number of hydrogen-bond donors (Lipinski definition) is 1. The first kappa shape index (κ1) is 21.8. The fourth-order valence-electron chi connectivity index (χ4n) is 4.18. The number of anilines is 1. The molecule has 1 saturated heterocycles. The maximum Gasteiger partial charge on any atom is 0.251 e. The molecule has 2 aliphatic heterocycles. The quantitative estimate of drug-likeness (QED) is 0.725. The van der Waals surface area contributed by atoms with E-state index in [4.69, 9.17) is 16.3 Å². The monoisotopic (exact) mass is 417 g/mol. The van der Waals surface area contributed by atoms with Gasteiger partial charge in [0.25, 0.3) is 5.91 Å². The van der Waals surface area contributed by atoms with E-state index in [1.807, 2.05) is 25.4 Å². The smallest absolute Gasteiger partial charge is 0.251 e. The van der Waals surface area contributed by atoms with Gasteiger partial charge in [0, 0.05) is 61.0 Å². The average molecular weight is 418 g/mol. The number of aliphatic imine (C=N–C) groups is 1. The summed E-state index contributed by atoms with van der Waals surface area (Å²) in [6.07, 6.45) is 7.85. The Balaban J connectivity index is 1.79. The summed E-state index contributed by atoms with van der Waals surface area (Å²) in [4.78, 5) is 19.7. The molecule has 3 rings (SSSR count). The van der Waals surface area contributed by atoms with Crippen LogP contribution in [-0.2, 0) is 4.74 Å². The van der Waals surface area contributed by atoms with Crippen LogP contribution >= 0.6 is 11.6 Å². The van der Waals surface area contributed by atoms with Crippen molar-refractivity contribution in [2.24, 2.45) is 10.9 Å². The highest BCUT2D eigenvalue weighted by Crippen LogP contribution is 2.31. The van der Waals surface area contributed by atoms with E-state index in [-0.39, 0.29) is 5.91 Å². The van der Waals surface area contributed by atoms with Crippen LogP contribution in [0.5, 0.6) is 0 Å². The van der Waals surface area contributed by atoms with Crippen LogP contribution in [-0.4, -0.2) is 44.5 Å². The standard InChI is InChI=1S/C23H32ClN3O2/c1-4-27(20-7-10-29-11-8-20)22-13-19(24)12-21(17(22)3)23(28)26-15-18-14-25-9-5-6-16(18)2/h9,12-14,16,20H,4-8,10-11,15H2,1-3H3,(H,26,28). The van der Waals surface area contributed by atoms with Crippen molar-refractivity contribution in [3.05, 3.63) is 40.1 Å². The van der Waals surface area contributed by atoms with Gasteiger partial charge in [-0.2, -0.15) is 0 Å². The summed E-state index contributed by atoms with van der Waals surface area (Å²) >= 11 is 6.44. The molecule has 1 unspecified atom stereocenters. The third-order valence-corrected chi connectivity index (χ3v) is 6.25. The van der Waals surface area contributed by atoms with E-state index < -0.39 is 0 Å². The van der Waals surface area contributed by atoms with E-state index >= 15 is 0 Å². The lowest BCUT2D eigenvalue weighted by molar-refractivity contribution is 0.0846. The summed E-state index contributed by atoms with van der Waals surface area (Å²) in [7, 11) is 0. The zero-order valence-corrected chi connectivity index (χ0v) is 18.5. The summed E-state index contributed by atoms with van der Waals surface area (Å²) in [5.74, 6) is 0.327. The lowest BCUT2D eigenvalue weighted by Gasteiger charge is -2.36. The second-order valence-corrected chi connectivity index (χ2v) is 8.36. The Morgan fingerprint density at radius 3 is 2.79 bits per heavy atom. The Labute approximate surface area is 179 Å². The Bertz CT molecular complexity index is 785. The number of nitrogens with one attached hydrogen (secondary N) is 1. The first-order chi connectivity index (χ1) is 14.0. The topological polar surface area (TPSA) is 53.9 Å². The van der Waals surface area contributed by atoms with Crippen molar-refractivity contribution in [3.8, 4) is 0 Å². The molecule has 2 aliphatic rings. The molecule has 0 saturated carbocycles. The van der Waals surface area contributed by atoms with E-state index in [0.717, 1.165) is 62.3 Å². The number of ether oxygens (including phenoxy) is 1. The number of benzene rings is 1. The van der Waals surface area contributed by atoms with Crippen molar-refractivity contribution in [3.63, 3.8) is 0 Å². The molecule has 0 radical (unpaired) electrons. The largest absolute Gasteiger partial charge is 0.381 e. The third-order valence-electron chi connectivity index (χ3n) is 6.03. The first-order valence-corrected chi connectivity index (χ1v) is 11.0. The van der Waals surface area contributed by atoms with Crippen LogP contribution in [0, 0.1) is 12.8 Å². The van der Waals surface area contributed by atoms with Crippen LogP contribution < -0.4 is 10.2 Å². The Morgan fingerprint density at radius 1 is 1.31 bits per heavy atom. The van der Waals surface area contributed by atoms with Crippen molar-refractivity contribution < 1.29 is 9.53 Å². The highest BCUT2D eigenvalue weighted by atomic mass is 35.5. The minimum absolute atomic E-state index is 0.0874. The maximum absolute atomic E-state index is 13.0. The number of carbonyl (C=O) groups excluding carboxylic acids is 1. The molecule has 6 heteroatoms. The molecule has 0 aliphatic carbocycles. The van der Waals surface area contributed by atoms with Gasteiger partial charge in [0.2, 0.25) is 0 Å². The molecule has 1 atom stereocenters. The highest BCUT2D eigenvalue weighted by molar-refractivity contribution is 6.31. The number of rotatable bonds is 6.